The zero-order valence-electron chi connectivity index (χ0n) is 15.9. The first-order chi connectivity index (χ1) is 12.9. The molecule has 0 aromatic heterocycles. The van der Waals surface area contributed by atoms with Crippen LogP contribution >= 0.6 is 0 Å². The molecule has 0 aliphatic carbocycles. The molecule has 2 aliphatic rings. The Morgan fingerprint density at radius 2 is 1.74 bits per heavy atom. The predicted molar refractivity (Wildman–Crippen MR) is 103 cm³/mol. The fourth-order valence-electron chi connectivity index (χ4n) is 3.90. The summed E-state index contributed by atoms with van der Waals surface area (Å²) in [5.41, 5.74) is 3.40. The third kappa shape index (κ3) is 3.68. The van der Waals surface area contributed by atoms with E-state index in [2.05, 4.69) is 30.9 Å². The molecular formula is C22H27NO4. The largest absolute Gasteiger partial charge is 0.454 e. The molecule has 27 heavy (non-hydrogen) atoms. The molecule has 0 amide bonds. The molecule has 2 heterocycles. The predicted octanol–water partition coefficient (Wildman–Crippen LogP) is 3.05. The molecule has 1 atom stereocenters. The van der Waals surface area contributed by atoms with E-state index in [-0.39, 0.29) is 6.79 Å². The highest BCUT2D eigenvalue weighted by Crippen LogP contribution is 2.39. The summed E-state index contributed by atoms with van der Waals surface area (Å²) in [5, 5.41) is 21.7. The number of aliphatic hydroxyl groups is 2. The molecule has 2 N–H and O–H groups in total. The van der Waals surface area contributed by atoms with E-state index in [1.54, 1.807) is 0 Å². The fourth-order valence-corrected chi connectivity index (χ4v) is 3.90. The van der Waals surface area contributed by atoms with Crippen LogP contribution in [0.25, 0.3) is 0 Å². The van der Waals surface area contributed by atoms with Gasteiger partial charge in [0.1, 0.15) is 0 Å². The van der Waals surface area contributed by atoms with Crippen molar-refractivity contribution in [1.29, 1.82) is 0 Å². The highest BCUT2D eigenvalue weighted by Gasteiger charge is 2.35. The van der Waals surface area contributed by atoms with Gasteiger partial charge in [-0.25, -0.2) is 0 Å². The zero-order valence-corrected chi connectivity index (χ0v) is 15.9. The Morgan fingerprint density at radius 3 is 2.48 bits per heavy atom. The van der Waals surface area contributed by atoms with E-state index < -0.39 is 11.7 Å². The van der Waals surface area contributed by atoms with Gasteiger partial charge in [0.2, 0.25) is 6.79 Å². The molecule has 5 heteroatoms. The van der Waals surface area contributed by atoms with Crippen LogP contribution in [0, 0.1) is 13.8 Å². The monoisotopic (exact) mass is 369 g/mol. The minimum Gasteiger partial charge on any atom is -0.454 e. The quantitative estimate of drug-likeness (QED) is 0.867. The smallest absolute Gasteiger partial charge is 0.231 e. The van der Waals surface area contributed by atoms with Gasteiger partial charge in [0.05, 0.1) is 11.7 Å². The topological polar surface area (TPSA) is 62.2 Å². The number of benzene rings is 2. The number of piperidine rings is 1. The fraction of sp³-hybridized carbons (Fsp3) is 0.455. The lowest BCUT2D eigenvalue weighted by atomic mass is 9.84. The van der Waals surface area contributed by atoms with E-state index in [4.69, 9.17) is 9.47 Å². The summed E-state index contributed by atoms with van der Waals surface area (Å²) in [5.74, 6) is 1.44. The Bertz CT molecular complexity index is 827. The highest BCUT2D eigenvalue weighted by molar-refractivity contribution is 5.46. The second-order valence-electron chi connectivity index (χ2n) is 7.76. The first-order valence-corrected chi connectivity index (χ1v) is 9.55. The number of likely N-dealkylation sites (tertiary alicyclic amines) is 1. The summed E-state index contributed by atoms with van der Waals surface area (Å²) in [6.07, 6.45) is 0.750. The molecule has 0 radical (unpaired) electrons. The van der Waals surface area contributed by atoms with Crippen LogP contribution in [0.1, 0.15) is 41.2 Å². The van der Waals surface area contributed by atoms with Crippen molar-refractivity contribution >= 4 is 0 Å². The van der Waals surface area contributed by atoms with Crippen molar-refractivity contribution in [3.05, 3.63) is 58.7 Å². The van der Waals surface area contributed by atoms with Gasteiger partial charge < -0.3 is 24.6 Å². The third-order valence-corrected chi connectivity index (χ3v) is 5.94. The van der Waals surface area contributed by atoms with Crippen LogP contribution in [0.5, 0.6) is 11.5 Å². The average Bonchev–Trinajstić information content (AvgIpc) is 3.14. The van der Waals surface area contributed by atoms with Gasteiger partial charge >= 0.3 is 0 Å². The maximum Gasteiger partial charge on any atom is 0.231 e. The number of aryl methyl sites for hydroxylation is 2. The Balaban J connectivity index is 1.39. The summed E-state index contributed by atoms with van der Waals surface area (Å²) in [6.45, 7) is 6.45. The van der Waals surface area contributed by atoms with E-state index in [0.717, 1.165) is 30.0 Å². The van der Waals surface area contributed by atoms with Crippen molar-refractivity contribution < 1.29 is 19.7 Å². The summed E-state index contributed by atoms with van der Waals surface area (Å²) in [6, 6.07) is 11.8. The maximum atomic E-state index is 11.1. The SMILES string of the molecule is Cc1ccc([C@H](O)CN2CCC(O)(c3ccc4c(c3)OCO4)CC2)cc1C. The minimum absolute atomic E-state index is 0.237. The van der Waals surface area contributed by atoms with Gasteiger partial charge in [0.25, 0.3) is 0 Å². The molecular weight excluding hydrogens is 342 g/mol. The Labute approximate surface area is 160 Å². The van der Waals surface area contributed by atoms with Crippen molar-refractivity contribution in [1.82, 2.24) is 4.90 Å². The van der Waals surface area contributed by atoms with E-state index >= 15 is 0 Å². The number of nitrogens with zero attached hydrogens (tertiary/aromatic N) is 1. The lowest BCUT2D eigenvalue weighted by molar-refractivity contribution is -0.0345. The molecule has 0 unspecified atom stereocenters. The normalized spacial score (nSPS) is 19.9. The molecule has 144 valence electrons. The molecule has 0 saturated carbocycles. The number of ether oxygens (including phenoxy) is 2. The second kappa shape index (κ2) is 7.15. The molecule has 5 nitrogen and oxygen atoms in total. The highest BCUT2D eigenvalue weighted by atomic mass is 16.7. The van der Waals surface area contributed by atoms with E-state index in [1.807, 2.05) is 24.3 Å². The average molecular weight is 369 g/mol. The molecule has 1 fully saturated rings. The van der Waals surface area contributed by atoms with Gasteiger partial charge in [0.15, 0.2) is 11.5 Å². The number of rotatable bonds is 4. The number of fused-ring (bicyclic) bond motifs is 1. The number of β-amino-alcohol motifs (C(OH)–C–C–N with tert-alkyl or cyclic N) is 1. The van der Waals surface area contributed by atoms with E-state index in [0.29, 0.717) is 25.1 Å². The molecule has 0 bridgehead atoms. The summed E-state index contributed by atoms with van der Waals surface area (Å²) in [7, 11) is 0. The summed E-state index contributed by atoms with van der Waals surface area (Å²) in [4.78, 5) is 2.22. The molecule has 4 rings (SSSR count). The van der Waals surface area contributed by atoms with E-state index in [9.17, 15) is 10.2 Å². The van der Waals surface area contributed by atoms with Crippen LogP contribution < -0.4 is 9.47 Å². The van der Waals surface area contributed by atoms with Crippen LogP contribution in [0.2, 0.25) is 0 Å². The van der Waals surface area contributed by atoms with Gasteiger partial charge in [-0.05, 0) is 61.1 Å². The first-order valence-electron chi connectivity index (χ1n) is 9.55. The third-order valence-electron chi connectivity index (χ3n) is 5.94. The minimum atomic E-state index is -0.858. The van der Waals surface area contributed by atoms with Crippen LogP contribution in [-0.4, -0.2) is 41.5 Å². The zero-order chi connectivity index (χ0) is 19.0. The Morgan fingerprint density at radius 1 is 1.00 bits per heavy atom. The van der Waals surface area contributed by atoms with Gasteiger partial charge in [-0.15, -0.1) is 0 Å². The van der Waals surface area contributed by atoms with Crippen molar-refractivity contribution in [3.8, 4) is 11.5 Å². The first kappa shape index (κ1) is 18.3. The molecule has 0 spiro atoms. The lowest BCUT2D eigenvalue weighted by Crippen LogP contribution is -2.43. The lowest BCUT2D eigenvalue weighted by Gasteiger charge is -2.39. The van der Waals surface area contributed by atoms with Crippen LogP contribution in [-0.2, 0) is 5.60 Å². The standard InChI is InChI=1S/C22H27NO4/c1-15-3-4-17(11-16(15)2)19(24)13-23-9-7-22(25,8-10-23)18-5-6-20-21(12-18)27-14-26-20/h3-6,11-12,19,24-25H,7-10,13-14H2,1-2H3/t19-/m1/s1. The Kier molecular flexibility index (Phi) is 4.84. The van der Waals surface area contributed by atoms with Crippen molar-refractivity contribution in [2.75, 3.05) is 26.4 Å². The molecule has 2 aromatic carbocycles. The molecule has 1 saturated heterocycles. The van der Waals surface area contributed by atoms with Crippen molar-refractivity contribution in [2.24, 2.45) is 0 Å². The van der Waals surface area contributed by atoms with Crippen molar-refractivity contribution in [3.63, 3.8) is 0 Å². The van der Waals surface area contributed by atoms with E-state index in [1.165, 1.54) is 11.1 Å². The number of hydrogen-bond donors (Lipinski definition) is 2. The van der Waals surface area contributed by atoms with Gasteiger partial charge in [-0.2, -0.15) is 0 Å². The number of hydrogen-bond acceptors (Lipinski definition) is 5. The van der Waals surface area contributed by atoms with Crippen LogP contribution in [0.15, 0.2) is 36.4 Å². The Hall–Kier alpha value is -2.08. The van der Waals surface area contributed by atoms with Crippen LogP contribution in [0.4, 0.5) is 0 Å². The second-order valence-corrected chi connectivity index (χ2v) is 7.76. The van der Waals surface area contributed by atoms with Crippen LogP contribution in [0.3, 0.4) is 0 Å². The van der Waals surface area contributed by atoms with Gasteiger partial charge in [-0.3, -0.25) is 0 Å². The summed E-state index contributed by atoms with van der Waals surface area (Å²) >= 11 is 0. The molecule has 2 aromatic rings. The maximum absolute atomic E-state index is 11.1. The van der Waals surface area contributed by atoms with Gasteiger partial charge in [0, 0.05) is 19.6 Å². The number of aliphatic hydroxyl groups excluding tert-OH is 1. The summed E-state index contributed by atoms with van der Waals surface area (Å²) < 4.78 is 10.8. The van der Waals surface area contributed by atoms with Crippen molar-refractivity contribution in [2.45, 2.75) is 38.4 Å². The molecule has 2 aliphatic heterocycles. The van der Waals surface area contributed by atoms with Gasteiger partial charge in [-0.1, -0.05) is 24.3 Å².